The zero-order valence-electron chi connectivity index (χ0n) is 20.3. The fraction of sp³-hybridized carbons (Fsp3) is 0.417. The van der Waals surface area contributed by atoms with Gasteiger partial charge in [0.15, 0.2) is 0 Å². The molecule has 0 fully saturated rings. The number of halogens is 4. The Morgan fingerprint density at radius 3 is 2.19 bits per heavy atom. The number of sulfonamides is 1. The third kappa shape index (κ3) is 8.12. The van der Waals surface area contributed by atoms with Crippen LogP contribution >= 0.6 is 11.6 Å². The quantitative estimate of drug-likeness (QED) is 0.480. The van der Waals surface area contributed by atoms with Crippen molar-refractivity contribution < 1.29 is 31.2 Å². The number of alkyl halides is 3. The maximum atomic E-state index is 13.4. The van der Waals surface area contributed by atoms with Gasteiger partial charge in [0, 0.05) is 13.1 Å². The van der Waals surface area contributed by atoms with Crippen LogP contribution in [0.3, 0.4) is 0 Å². The van der Waals surface area contributed by atoms with Gasteiger partial charge in [-0.05, 0) is 36.6 Å². The van der Waals surface area contributed by atoms with E-state index >= 15 is 0 Å². The molecule has 0 radical (unpaired) electrons. The van der Waals surface area contributed by atoms with Crippen LogP contribution in [-0.4, -0.2) is 50.5 Å². The van der Waals surface area contributed by atoms with Crippen molar-refractivity contribution in [3.05, 3.63) is 64.7 Å². The zero-order valence-corrected chi connectivity index (χ0v) is 21.9. The minimum Gasteiger partial charge on any atom is -0.354 e. The summed E-state index contributed by atoms with van der Waals surface area (Å²) < 4.78 is 65.5. The monoisotopic (exact) mass is 547 g/mol. The molecule has 0 unspecified atom stereocenters. The number of hydrogen-bond acceptors (Lipinski definition) is 4. The van der Waals surface area contributed by atoms with E-state index < -0.39 is 51.9 Å². The molecule has 12 heteroatoms. The van der Waals surface area contributed by atoms with Crippen molar-refractivity contribution in [2.24, 2.45) is 5.92 Å². The number of carbonyl (C=O) groups excluding carboxylic acids is 2. The molecule has 0 saturated carbocycles. The third-order valence-electron chi connectivity index (χ3n) is 5.27. The Labute approximate surface area is 214 Å². The molecule has 2 amide bonds. The van der Waals surface area contributed by atoms with Crippen molar-refractivity contribution in [2.45, 2.75) is 39.5 Å². The summed E-state index contributed by atoms with van der Waals surface area (Å²) in [7, 11) is -4.24. The highest BCUT2D eigenvalue weighted by molar-refractivity contribution is 7.92. The molecule has 7 nitrogen and oxygen atoms in total. The highest BCUT2D eigenvalue weighted by Crippen LogP contribution is 2.36. The summed E-state index contributed by atoms with van der Waals surface area (Å²) in [4.78, 5) is 27.4. The van der Waals surface area contributed by atoms with E-state index in [1.807, 2.05) is 13.8 Å². The van der Waals surface area contributed by atoms with E-state index in [1.165, 1.54) is 11.8 Å². The molecule has 198 valence electrons. The van der Waals surface area contributed by atoms with Crippen LogP contribution < -0.4 is 9.62 Å². The van der Waals surface area contributed by atoms with Gasteiger partial charge in [0.1, 0.15) is 12.6 Å². The summed E-state index contributed by atoms with van der Waals surface area (Å²) in [6.45, 7) is 4.80. The summed E-state index contributed by atoms with van der Waals surface area (Å²) in [6, 6.07) is 9.96. The summed E-state index contributed by atoms with van der Waals surface area (Å²) in [5.74, 6) is -1.08. The molecule has 0 heterocycles. The Morgan fingerprint density at radius 2 is 1.67 bits per heavy atom. The topological polar surface area (TPSA) is 86.8 Å². The van der Waals surface area contributed by atoms with Crippen LogP contribution in [0.15, 0.2) is 48.5 Å². The first-order chi connectivity index (χ1) is 16.6. The number of benzene rings is 2. The maximum Gasteiger partial charge on any atom is 0.416 e. The van der Waals surface area contributed by atoms with Gasteiger partial charge in [-0.25, -0.2) is 8.42 Å². The van der Waals surface area contributed by atoms with Crippen LogP contribution in [0.2, 0.25) is 5.02 Å². The second-order valence-electron chi connectivity index (χ2n) is 8.76. The minimum atomic E-state index is -4.76. The van der Waals surface area contributed by atoms with Crippen molar-refractivity contribution in [1.82, 2.24) is 10.2 Å². The van der Waals surface area contributed by atoms with Crippen LogP contribution in [0.5, 0.6) is 0 Å². The Bertz CT molecular complexity index is 1170. The molecular formula is C24H29ClF3N3O4S. The summed E-state index contributed by atoms with van der Waals surface area (Å²) in [6.07, 6.45) is -3.99. The zero-order chi connectivity index (χ0) is 27.3. The van der Waals surface area contributed by atoms with Crippen molar-refractivity contribution >= 4 is 39.1 Å². The third-order valence-corrected chi connectivity index (χ3v) is 6.72. The van der Waals surface area contributed by atoms with Crippen LogP contribution in [0.25, 0.3) is 0 Å². The van der Waals surface area contributed by atoms with E-state index in [9.17, 15) is 31.2 Å². The van der Waals surface area contributed by atoms with Crippen LogP contribution in [-0.2, 0) is 32.3 Å². The average Bonchev–Trinajstić information content (AvgIpc) is 2.78. The van der Waals surface area contributed by atoms with E-state index in [2.05, 4.69) is 5.32 Å². The second kappa shape index (κ2) is 12.0. The van der Waals surface area contributed by atoms with Crippen LogP contribution in [0.4, 0.5) is 18.9 Å². The Kier molecular flexibility index (Phi) is 9.78. The van der Waals surface area contributed by atoms with Gasteiger partial charge in [-0.1, -0.05) is 55.8 Å². The normalized spacial score (nSPS) is 12.8. The molecule has 0 bridgehead atoms. The summed E-state index contributed by atoms with van der Waals surface area (Å²) in [5, 5.41) is 2.46. The maximum absolute atomic E-state index is 13.4. The molecule has 2 aromatic rings. The van der Waals surface area contributed by atoms with Gasteiger partial charge in [0.05, 0.1) is 22.5 Å². The molecule has 0 aliphatic heterocycles. The largest absolute Gasteiger partial charge is 0.416 e. The van der Waals surface area contributed by atoms with Gasteiger partial charge in [0.25, 0.3) is 0 Å². The lowest BCUT2D eigenvalue weighted by molar-refractivity contribution is -0.139. The number of amides is 2. The lowest BCUT2D eigenvalue weighted by atomic mass is 10.1. The van der Waals surface area contributed by atoms with E-state index in [-0.39, 0.29) is 17.5 Å². The van der Waals surface area contributed by atoms with Crippen LogP contribution in [0.1, 0.15) is 31.9 Å². The SMILES string of the molecule is CC(C)CNC(=O)[C@@H](C)N(Cc1ccccc1)C(=O)CN(c1cc(C(F)(F)F)ccc1Cl)S(C)(=O)=O. The van der Waals surface area contributed by atoms with Gasteiger partial charge in [-0.3, -0.25) is 13.9 Å². The molecule has 2 rings (SSSR count). The highest BCUT2D eigenvalue weighted by atomic mass is 35.5. The van der Waals surface area contributed by atoms with E-state index in [0.29, 0.717) is 22.5 Å². The van der Waals surface area contributed by atoms with Crippen molar-refractivity contribution in [3.63, 3.8) is 0 Å². The van der Waals surface area contributed by atoms with Crippen LogP contribution in [0, 0.1) is 5.92 Å². The van der Waals surface area contributed by atoms with Gasteiger partial charge in [-0.2, -0.15) is 13.2 Å². The molecule has 1 N–H and O–H groups in total. The number of rotatable bonds is 10. The minimum absolute atomic E-state index is 0.0239. The molecule has 36 heavy (non-hydrogen) atoms. The van der Waals surface area contributed by atoms with Gasteiger partial charge in [0.2, 0.25) is 21.8 Å². The van der Waals surface area contributed by atoms with Crippen molar-refractivity contribution in [1.29, 1.82) is 0 Å². The first kappa shape index (κ1) is 29.4. The van der Waals surface area contributed by atoms with Crippen molar-refractivity contribution in [3.8, 4) is 0 Å². The van der Waals surface area contributed by atoms with E-state index in [4.69, 9.17) is 11.6 Å². The molecule has 0 aliphatic carbocycles. The fourth-order valence-electron chi connectivity index (χ4n) is 3.29. The smallest absolute Gasteiger partial charge is 0.354 e. The summed E-state index contributed by atoms with van der Waals surface area (Å²) >= 11 is 6.06. The number of carbonyl (C=O) groups is 2. The molecule has 2 aromatic carbocycles. The molecule has 0 saturated heterocycles. The van der Waals surface area contributed by atoms with Crippen molar-refractivity contribution in [2.75, 3.05) is 23.7 Å². The molecule has 0 spiro atoms. The van der Waals surface area contributed by atoms with Gasteiger partial charge in [-0.15, -0.1) is 0 Å². The second-order valence-corrected chi connectivity index (χ2v) is 11.1. The molecular weight excluding hydrogens is 519 g/mol. The first-order valence-corrected chi connectivity index (χ1v) is 13.3. The van der Waals surface area contributed by atoms with Gasteiger partial charge >= 0.3 is 6.18 Å². The van der Waals surface area contributed by atoms with E-state index in [0.717, 1.165) is 18.4 Å². The standard InChI is InChI=1S/C24H29ClF3N3O4S/c1-16(2)13-29-23(33)17(3)30(14-18-8-6-5-7-9-18)22(32)15-31(36(4,34)35)21-12-19(24(26,27)28)10-11-20(21)25/h5-12,16-17H,13-15H2,1-4H3,(H,29,33)/t17-/m1/s1. The van der Waals surface area contributed by atoms with Gasteiger partial charge < -0.3 is 10.2 Å². The fourth-order valence-corrected chi connectivity index (χ4v) is 4.41. The number of nitrogens with one attached hydrogen (secondary N) is 1. The number of anilines is 1. The highest BCUT2D eigenvalue weighted by Gasteiger charge is 2.34. The number of hydrogen-bond donors (Lipinski definition) is 1. The molecule has 1 atom stereocenters. The van der Waals surface area contributed by atoms with E-state index in [1.54, 1.807) is 30.3 Å². The molecule has 0 aromatic heterocycles. The Balaban J connectivity index is 2.45. The predicted octanol–water partition coefficient (Wildman–Crippen LogP) is 4.31. The average molecular weight is 548 g/mol. The lowest BCUT2D eigenvalue weighted by Gasteiger charge is -2.32. The lowest BCUT2D eigenvalue weighted by Crippen LogP contribution is -2.51. The predicted molar refractivity (Wildman–Crippen MR) is 133 cm³/mol. The molecule has 0 aliphatic rings. The Morgan fingerprint density at radius 1 is 1.06 bits per heavy atom. The Hall–Kier alpha value is -2.79. The first-order valence-electron chi connectivity index (χ1n) is 11.1. The number of nitrogens with zero attached hydrogens (tertiary/aromatic N) is 2. The summed E-state index contributed by atoms with van der Waals surface area (Å²) in [5.41, 5.74) is -0.929.